The Morgan fingerprint density at radius 3 is 1.89 bits per heavy atom. The molecular weight excluding hydrogens is 741 g/mol. The highest BCUT2D eigenvalue weighted by molar-refractivity contribution is 7.17. The lowest BCUT2D eigenvalue weighted by Gasteiger charge is -2.30. The number of rotatable bonds is 12. The summed E-state index contributed by atoms with van der Waals surface area (Å²) < 4.78 is 5.92. The normalized spacial score (nSPS) is 18.0. The standard InChI is InChI=1S/C43H52N8O5S/c1-7-35(52)48-36(24(2)3)41(53)50-19-8-10-33(50)39-44-22-31(46-39)27-14-12-26(13-15-27)28-16-17-30(38-29(28)18-21-57-38)32-23-45-40(47-32)34-11-9-20-51(34)42(54)37(25(4)5)49-43(55)56-6/h12-18,21-25,33-34,36-37H,7-11,19-20H2,1-6H3,(H,44,46)(H,45,47)(H,48,52)(H,49,55). The van der Waals surface area contributed by atoms with E-state index in [9.17, 15) is 19.2 Å². The van der Waals surface area contributed by atoms with Crippen LogP contribution in [0.1, 0.15) is 90.5 Å². The summed E-state index contributed by atoms with van der Waals surface area (Å²) in [6.45, 7) is 10.7. The van der Waals surface area contributed by atoms with Crippen LogP contribution < -0.4 is 10.6 Å². The second-order valence-electron chi connectivity index (χ2n) is 15.6. The quantitative estimate of drug-likeness (QED) is 0.101. The third-order valence-corrected chi connectivity index (χ3v) is 12.2. The first-order valence-corrected chi connectivity index (χ1v) is 20.8. The predicted molar refractivity (Wildman–Crippen MR) is 221 cm³/mol. The number of ether oxygens (including phenoxy) is 1. The SMILES string of the molecule is CCC(=O)NC(C(=O)N1CCCC1c1ncc(-c2ccc(-c3ccc(-c4cnc(C5CCCN5C(=O)C(NC(=O)OC)C(C)C)[nH]4)c4sccc34)cc2)[nH]1)C(C)C. The van der Waals surface area contributed by atoms with Crippen molar-refractivity contribution in [2.45, 2.75) is 90.9 Å². The summed E-state index contributed by atoms with van der Waals surface area (Å²) in [7, 11) is 1.30. The Kier molecular flexibility index (Phi) is 11.8. The highest BCUT2D eigenvalue weighted by atomic mass is 32.1. The Labute approximate surface area is 337 Å². The maximum Gasteiger partial charge on any atom is 0.407 e. The van der Waals surface area contributed by atoms with Crippen molar-refractivity contribution in [1.29, 1.82) is 0 Å². The molecule has 4 N–H and O–H groups in total. The van der Waals surface area contributed by atoms with Crippen molar-refractivity contribution in [1.82, 2.24) is 40.4 Å². The van der Waals surface area contributed by atoms with E-state index in [2.05, 4.69) is 68.4 Å². The molecule has 4 atom stereocenters. The number of carbonyl (C=O) groups excluding carboxylic acids is 4. The first kappa shape index (κ1) is 39.7. The number of benzene rings is 2. The van der Waals surface area contributed by atoms with Gasteiger partial charge in [-0.05, 0) is 65.7 Å². The second kappa shape index (κ2) is 16.9. The smallest absolute Gasteiger partial charge is 0.407 e. The van der Waals surface area contributed by atoms with Gasteiger partial charge < -0.3 is 35.1 Å². The predicted octanol–water partition coefficient (Wildman–Crippen LogP) is 7.61. The molecule has 5 heterocycles. The summed E-state index contributed by atoms with van der Waals surface area (Å²) >= 11 is 1.68. The molecule has 4 amide bonds. The molecule has 0 spiro atoms. The van der Waals surface area contributed by atoms with Crippen molar-refractivity contribution >= 4 is 45.2 Å². The number of imidazole rings is 2. The highest BCUT2D eigenvalue weighted by Crippen LogP contribution is 2.40. The molecule has 2 fully saturated rings. The average Bonchev–Trinajstić information content (AvgIpc) is 4.07. The number of aromatic amines is 2. The van der Waals surface area contributed by atoms with Crippen LogP contribution in [0.5, 0.6) is 0 Å². The van der Waals surface area contributed by atoms with Gasteiger partial charge in [-0.1, -0.05) is 71.0 Å². The third-order valence-electron chi connectivity index (χ3n) is 11.3. The number of amides is 4. The maximum absolute atomic E-state index is 13.7. The molecule has 300 valence electrons. The van der Waals surface area contributed by atoms with Gasteiger partial charge >= 0.3 is 6.09 Å². The van der Waals surface area contributed by atoms with Gasteiger partial charge in [0.05, 0.1) is 43.0 Å². The van der Waals surface area contributed by atoms with Gasteiger partial charge in [0.1, 0.15) is 23.7 Å². The van der Waals surface area contributed by atoms with Crippen LogP contribution in [0.15, 0.2) is 60.2 Å². The van der Waals surface area contributed by atoms with Crippen molar-refractivity contribution in [3.8, 4) is 33.6 Å². The van der Waals surface area contributed by atoms with Crippen molar-refractivity contribution in [3.05, 3.63) is 71.9 Å². The first-order valence-electron chi connectivity index (χ1n) is 19.9. The molecule has 0 bridgehead atoms. The van der Waals surface area contributed by atoms with E-state index in [1.165, 1.54) is 7.11 Å². The molecular formula is C43H52N8O5S. The van der Waals surface area contributed by atoms with Crippen LogP contribution in [-0.4, -0.2) is 85.8 Å². The fourth-order valence-corrected chi connectivity index (χ4v) is 9.08. The van der Waals surface area contributed by atoms with Crippen molar-refractivity contribution in [3.63, 3.8) is 0 Å². The van der Waals surface area contributed by atoms with Gasteiger partial charge in [-0.2, -0.15) is 0 Å². The van der Waals surface area contributed by atoms with Crippen LogP contribution in [-0.2, 0) is 19.1 Å². The lowest BCUT2D eigenvalue weighted by Crippen LogP contribution is -2.51. The zero-order chi connectivity index (χ0) is 40.4. The van der Waals surface area contributed by atoms with Gasteiger partial charge in [-0.3, -0.25) is 14.4 Å². The number of nitrogens with zero attached hydrogens (tertiary/aromatic N) is 4. The molecule has 14 heteroatoms. The summed E-state index contributed by atoms with van der Waals surface area (Å²) in [5.41, 5.74) is 6.00. The molecule has 2 aromatic carbocycles. The molecule has 2 aliphatic heterocycles. The van der Waals surface area contributed by atoms with E-state index in [0.29, 0.717) is 19.5 Å². The number of thiophene rings is 1. The van der Waals surface area contributed by atoms with E-state index in [-0.39, 0.29) is 41.6 Å². The van der Waals surface area contributed by atoms with Crippen LogP contribution in [0.3, 0.4) is 0 Å². The molecule has 57 heavy (non-hydrogen) atoms. The minimum absolute atomic E-state index is 0.0285. The summed E-state index contributed by atoms with van der Waals surface area (Å²) in [6.07, 6.45) is 6.70. The van der Waals surface area contributed by atoms with E-state index >= 15 is 0 Å². The van der Waals surface area contributed by atoms with E-state index in [1.54, 1.807) is 18.3 Å². The van der Waals surface area contributed by atoms with E-state index < -0.39 is 18.2 Å². The van der Waals surface area contributed by atoms with Crippen molar-refractivity contribution < 1.29 is 23.9 Å². The van der Waals surface area contributed by atoms with Gasteiger partial charge in [0.2, 0.25) is 17.7 Å². The maximum atomic E-state index is 13.7. The largest absolute Gasteiger partial charge is 0.453 e. The monoisotopic (exact) mass is 792 g/mol. The van der Waals surface area contributed by atoms with Gasteiger partial charge in [0.15, 0.2) is 0 Å². The Hall–Kier alpha value is -5.50. The molecule has 0 radical (unpaired) electrons. The number of alkyl carbamates (subject to hydrolysis) is 1. The number of methoxy groups -OCH3 is 1. The highest BCUT2D eigenvalue weighted by Gasteiger charge is 2.39. The van der Waals surface area contributed by atoms with Crippen LogP contribution in [0.2, 0.25) is 0 Å². The third kappa shape index (κ3) is 8.05. The summed E-state index contributed by atoms with van der Waals surface area (Å²) in [6, 6.07) is 13.2. The lowest BCUT2D eigenvalue weighted by molar-refractivity contribution is -0.138. The number of aromatic nitrogens is 4. The first-order chi connectivity index (χ1) is 27.5. The Balaban J connectivity index is 1.07. The summed E-state index contributed by atoms with van der Waals surface area (Å²) in [5.74, 6) is 1.03. The van der Waals surface area contributed by atoms with Crippen LogP contribution in [0.25, 0.3) is 43.7 Å². The number of fused-ring (bicyclic) bond motifs is 1. The van der Waals surface area contributed by atoms with Crippen molar-refractivity contribution in [2.75, 3.05) is 20.2 Å². The number of hydrogen-bond acceptors (Lipinski definition) is 8. The molecule has 13 nitrogen and oxygen atoms in total. The van der Waals surface area contributed by atoms with Crippen molar-refractivity contribution in [2.24, 2.45) is 11.8 Å². The molecule has 4 unspecified atom stereocenters. The molecule has 5 aromatic rings. The zero-order valence-electron chi connectivity index (χ0n) is 33.4. The minimum atomic E-state index is -0.692. The zero-order valence-corrected chi connectivity index (χ0v) is 34.2. The lowest BCUT2D eigenvalue weighted by atomic mass is 9.97. The van der Waals surface area contributed by atoms with Gasteiger partial charge in [-0.25, -0.2) is 14.8 Å². The molecule has 2 aliphatic rings. The number of nitrogens with one attached hydrogen (secondary N) is 4. The molecule has 7 rings (SSSR count). The number of hydrogen-bond donors (Lipinski definition) is 4. The van der Waals surface area contributed by atoms with Gasteiger partial charge in [0.25, 0.3) is 0 Å². The topological polar surface area (TPSA) is 165 Å². The minimum Gasteiger partial charge on any atom is -0.453 e. The Morgan fingerprint density at radius 1 is 0.772 bits per heavy atom. The molecule has 0 aliphatic carbocycles. The van der Waals surface area contributed by atoms with E-state index in [0.717, 1.165) is 81.1 Å². The van der Waals surface area contributed by atoms with Crippen LogP contribution in [0, 0.1) is 11.8 Å². The fraction of sp³-hybridized carbons (Fsp3) is 0.442. The van der Waals surface area contributed by atoms with Gasteiger partial charge in [0, 0.05) is 35.2 Å². The summed E-state index contributed by atoms with van der Waals surface area (Å²) in [4.78, 5) is 71.7. The van der Waals surface area contributed by atoms with Gasteiger partial charge in [-0.15, -0.1) is 11.3 Å². The summed E-state index contributed by atoms with van der Waals surface area (Å²) in [5, 5.41) is 8.88. The average molecular weight is 793 g/mol. The molecule has 0 saturated carbocycles. The van der Waals surface area contributed by atoms with E-state index in [4.69, 9.17) is 14.7 Å². The Morgan fingerprint density at radius 2 is 1.32 bits per heavy atom. The number of carbonyl (C=O) groups is 4. The second-order valence-corrected chi connectivity index (χ2v) is 16.6. The van der Waals surface area contributed by atoms with Crippen LogP contribution >= 0.6 is 11.3 Å². The van der Waals surface area contributed by atoms with Crippen LogP contribution in [0.4, 0.5) is 4.79 Å². The number of H-pyrrole nitrogens is 2. The Bertz CT molecular complexity index is 2240. The molecule has 3 aromatic heterocycles. The number of likely N-dealkylation sites (tertiary alicyclic amines) is 2. The van der Waals surface area contributed by atoms with E-state index in [1.807, 2.05) is 49.9 Å². The molecule has 2 saturated heterocycles. The fourth-order valence-electron chi connectivity index (χ4n) is 8.13.